The lowest BCUT2D eigenvalue weighted by molar-refractivity contribution is -0.122. The number of hydrogen-bond donors (Lipinski definition) is 1. The molecule has 3 aromatic carbocycles. The third kappa shape index (κ3) is 3.64. The van der Waals surface area contributed by atoms with Crippen LogP contribution in [0.5, 0.6) is 5.75 Å². The number of benzene rings is 3. The van der Waals surface area contributed by atoms with Crippen LogP contribution in [0, 0.1) is 0 Å². The molecule has 3 aromatic rings. The summed E-state index contributed by atoms with van der Waals surface area (Å²) in [5.41, 5.74) is 0.461. The molecule has 5 heteroatoms. The first-order valence-corrected chi connectivity index (χ1v) is 8.20. The van der Waals surface area contributed by atoms with E-state index >= 15 is 0 Å². The molecule has 1 atom stereocenters. The van der Waals surface area contributed by atoms with E-state index in [1.165, 1.54) is 0 Å². The number of halogens is 2. The molecule has 0 saturated carbocycles. The Kier molecular flexibility index (Phi) is 4.93. The second kappa shape index (κ2) is 7.12. The van der Waals surface area contributed by atoms with Gasteiger partial charge >= 0.3 is 0 Å². The molecule has 24 heavy (non-hydrogen) atoms. The summed E-state index contributed by atoms with van der Waals surface area (Å²) in [4.78, 5) is 12.3. The summed E-state index contributed by atoms with van der Waals surface area (Å²) in [6.07, 6.45) is -0.679. The largest absolute Gasteiger partial charge is 0.481 e. The fourth-order valence-corrected chi connectivity index (χ4v) is 2.68. The number of fused-ring (bicyclic) bond motifs is 1. The molecule has 0 aliphatic rings. The fraction of sp³-hybridized carbons (Fsp3) is 0.105. The minimum absolute atomic E-state index is 0.299. The molecule has 0 unspecified atom stereocenters. The van der Waals surface area contributed by atoms with E-state index < -0.39 is 6.10 Å². The first-order chi connectivity index (χ1) is 11.5. The Morgan fingerprint density at radius 3 is 2.54 bits per heavy atom. The predicted molar refractivity (Wildman–Crippen MR) is 99.1 cm³/mol. The average molecular weight is 360 g/mol. The first kappa shape index (κ1) is 16.6. The molecule has 0 heterocycles. The van der Waals surface area contributed by atoms with Gasteiger partial charge in [-0.25, -0.2) is 0 Å². The van der Waals surface area contributed by atoms with Gasteiger partial charge in [-0.3, -0.25) is 4.79 Å². The van der Waals surface area contributed by atoms with Crippen molar-refractivity contribution < 1.29 is 9.53 Å². The highest BCUT2D eigenvalue weighted by Crippen LogP contribution is 2.29. The lowest BCUT2D eigenvalue weighted by atomic mass is 10.1. The lowest BCUT2D eigenvalue weighted by Crippen LogP contribution is -2.30. The Balaban J connectivity index is 1.72. The number of amides is 1. The number of nitrogens with one attached hydrogen (secondary N) is 1. The summed E-state index contributed by atoms with van der Waals surface area (Å²) in [7, 11) is 0. The molecule has 0 bridgehead atoms. The summed E-state index contributed by atoms with van der Waals surface area (Å²) in [6.45, 7) is 1.68. The summed E-state index contributed by atoms with van der Waals surface area (Å²) in [5.74, 6) is 0.334. The Bertz CT molecular complexity index is 895. The first-order valence-electron chi connectivity index (χ1n) is 7.45. The van der Waals surface area contributed by atoms with E-state index in [2.05, 4.69) is 5.32 Å². The van der Waals surface area contributed by atoms with Crippen molar-refractivity contribution >= 4 is 45.6 Å². The normalized spacial score (nSPS) is 12.0. The SMILES string of the molecule is C[C@@H](Oc1ccc2ccccc2c1)C(=O)Nc1cccc(Cl)c1Cl. The summed E-state index contributed by atoms with van der Waals surface area (Å²) in [6, 6.07) is 18.8. The van der Waals surface area contributed by atoms with Crippen LogP contribution < -0.4 is 10.1 Å². The minimum atomic E-state index is -0.679. The van der Waals surface area contributed by atoms with E-state index in [9.17, 15) is 4.79 Å². The highest BCUT2D eigenvalue weighted by molar-refractivity contribution is 6.44. The topological polar surface area (TPSA) is 38.3 Å². The van der Waals surface area contributed by atoms with Crippen LogP contribution in [0.15, 0.2) is 60.7 Å². The van der Waals surface area contributed by atoms with Gasteiger partial charge in [0.1, 0.15) is 5.75 Å². The van der Waals surface area contributed by atoms with Crippen LogP contribution in [0.25, 0.3) is 10.8 Å². The van der Waals surface area contributed by atoms with Gasteiger partial charge in [-0.1, -0.05) is 59.6 Å². The van der Waals surface area contributed by atoms with Gasteiger partial charge in [0.25, 0.3) is 5.91 Å². The molecule has 122 valence electrons. The van der Waals surface area contributed by atoms with Crippen molar-refractivity contribution in [3.63, 3.8) is 0 Å². The number of ether oxygens (including phenoxy) is 1. The van der Waals surface area contributed by atoms with Crippen LogP contribution in [0.3, 0.4) is 0 Å². The van der Waals surface area contributed by atoms with Crippen LogP contribution in [-0.4, -0.2) is 12.0 Å². The number of carbonyl (C=O) groups excluding carboxylic acids is 1. The third-order valence-electron chi connectivity index (χ3n) is 3.61. The van der Waals surface area contributed by atoms with Crippen molar-refractivity contribution in [1.29, 1.82) is 0 Å². The van der Waals surface area contributed by atoms with Gasteiger partial charge in [0.05, 0.1) is 15.7 Å². The number of carbonyl (C=O) groups is 1. The van der Waals surface area contributed by atoms with Gasteiger partial charge < -0.3 is 10.1 Å². The van der Waals surface area contributed by atoms with Crippen LogP contribution in [0.2, 0.25) is 10.0 Å². The smallest absolute Gasteiger partial charge is 0.265 e. The van der Waals surface area contributed by atoms with Gasteiger partial charge in [-0.2, -0.15) is 0 Å². The molecular formula is C19H15Cl2NO2. The maximum Gasteiger partial charge on any atom is 0.265 e. The van der Waals surface area contributed by atoms with Crippen LogP contribution >= 0.6 is 23.2 Å². The van der Waals surface area contributed by atoms with Crippen molar-refractivity contribution in [2.24, 2.45) is 0 Å². The molecule has 0 aliphatic heterocycles. The molecule has 1 N–H and O–H groups in total. The van der Waals surface area contributed by atoms with Crippen molar-refractivity contribution in [2.45, 2.75) is 13.0 Å². The second-order valence-electron chi connectivity index (χ2n) is 5.36. The highest BCUT2D eigenvalue weighted by Gasteiger charge is 2.17. The van der Waals surface area contributed by atoms with E-state index in [1.807, 2.05) is 42.5 Å². The molecule has 0 radical (unpaired) electrons. The highest BCUT2D eigenvalue weighted by atomic mass is 35.5. The molecular weight excluding hydrogens is 345 g/mol. The Labute approximate surface area is 150 Å². The van der Waals surface area contributed by atoms with Gasteiger partial charge in [0.2, 0.25) is 0 Å². The lowest BCUT2D eigenvalue weighted by Gasteiger charge is -2.16. The van der Waals surface area contributed by atoms with Gasteiger partial charge in [-0.05, 0) is 42.0 Å². The zero-order chi connectivity index (χ0) is 17.1. The minimum Gasteiger partial charge on any atom is -0.481 e. The van der Waals surface area contributed by atoms with E-state index in [-0.39, 0.29) is 5.91 Å². The number of hydrogen-bond acceptors (Lipinski definition) is 2. The van der Waals surface area contributed by atoms with Crippen molar-refractivity contribution in [1.82, 2.24) is 0 Å². The van der Waals surface area contributed by atoms with Crippen molar-refractivity contribution in [2.75, 3.05) is 5.32 Å². The maximum atomic E-state index is 12.3. The van der Waals surface area contributed by atoms with E-state index in [0.717, 1.165) is 10.8 Å². The molecule has 1 amide bonds. The maximum absolute atomic E-state index is 12.3. The molecule has 0 aliphatic carbocycles. The molecule has 3 rings (SSSR count). The third-order valence-corrected chi connectivity index (χ3v) is 4.43. The van der Waals surface area contributed by atoms with Crippen molar-refractivity contribution in [3.05, 3.63) is 70.7 Å². The predicted octanol–water partition coefficient (Wildman–Crippen LogP) is 5.55. The number of anilines is 1. The molecule has 0 spiro atoms. The Morgan fingerprint density at radius 1 is 1.00 bits per heavy atom. The molecule has 0 saturated heterocycles. The molecule has 0 aromatic heterocycles. The van der Waals surface area contributed by atoms with E-state index in [0.29, 0.717) is 21.5 Å². The van der Waals surface area contributed by atoms with E-state index in [4.69, 9.17) is 27.9 Å². The van der Waals surface area contributed by atoms with Gasteiger partial charge in [0.15, 0.2) is 6.10 Å². The molecule has 0 fully saturated rings. The summed E-state index contributed by atoms with van der Waals surface area (Å²) >= 11 is 12.0. The van der Waals surface area contributed by atoms with Crippen LogP contribution in [0.4, 0.5) is 5.69 Å². The quantitative estimate of drug-likeness (QED) is 0.662. The average Bonchev–Trinajstić information content (AvgIpc) is 2.58. The summed E-state index contributed by atoms with van der Waals surface area (Å²) in [5, 5.41) is 5.60. The van der Waals surface area contributed by atoms with Crippen LogP contribution in [0.1, 0.15) is 6.92 Å². The monoisotopic (exact) mass is 359 g/mol. The van der Waals surface area contributed by atoms with Gasteiger partial charge in [-0.15, -0.1) is 0 Å². The van der Waals surface area contributed by atoms with E-state index in [1.54, 1.807) is 25.1 Å². The van der Waals surface area contributed by atoms with Crippen LogP contribution in [-0.2, 0) is 4.79 Å². The summed E-state index contributed by atoms with van der Waals surface area (Å²) < 4.78 is 5.74. The van der Waals surface area contributed by atoms with Crippen molar-refractivity contribution in [3.8, 4) is 5.75 Å². The zero-order valence-corrected chi connectivity index (χ0v) is 14.4. The second-order valence-corrected chi connectivity index (χ2v) is 6.14. The van der Waals surface area contributed by atoms with Gasteiger partial charge in [0, 0.05) is 0 Å². The Hall–Kier alpha value is -2.23. The fourth-order valence-electron chi connectivity index (χ4n) is 2.33. The zero-order valence-electron chi connectivity index (χ0n) is 12.9. The Morgan fingerprint density at radius 2 is 1.75 bits per heavy atom. The molecule has 3 nitrogen and oxygen atoms in total. The standard InChI is InChI=1S/C19H15Cl2NO2/c1-12(19(23)22-17-8-4-7-16(20)18(17)21)24-15-10-9-13-5-2-3-6-14(13)11-15/h2-12H,1H3,(H,22,23)/t12-/m1/s1. The number of rotatable bonds is 4.